The molecule has 0 aliphatic carbocycles. The molecule has 0 radical (unpaired) electrons. The van der Waals surface area contributed by atoms with Crippen LogP contribution in [-0.4, -0.2) is 29.6 Å². The van der Waals surface area contributed by atoms with Crippen molar-refractivity contribution >= 4 is 33.4 Å². The topological polar surface area (TPSA) is 72.8 Å². The van der Waals surface area contributed by atoms with Gasteiger partial charge in [-0.25, -0.2) is 4.79 Å². The van der Waals surface area contributed by atoms with Crippen molar-refractivity contribution in [2.24, 2.45) is 0 Å². The Balaban J connectivity index is 2.29. The number of aromatic nitrogens is 2. The number of methoxy groups -OCH3 is 2. The molecule has 4 aromatic rings. The van der Waals surface area contributed by atoms with Gasteiger partial charge < -0.3 is 14.5 Å². The second-order valence-corrected chi connectivity index (χ2v) is 5.41. The number of carbonyl (C=O) groups excluding carboxylic acids is 1. The van der Waals surface area contributed by atoms with Gasteiger partial charge >= 0.3 is 5.97 Å². The van der Waals surface area contributed by atoms with Crippen molar-refractivity contribution in [3.05, 3.63) is 58.4 Å². The van der Waals surface area contributed by atoms with E-state index in [-0.39, 0.29) is 5.56 Å². The van der Waals surface area contributed by atoms with Crippen LogP contribution < -0.4 is 10.3 Å². The molecule has 0 amide bonds. The SMILES string of the molecule is COC(=O)c1c2ccccc2c(=O)n2c1[nH]c1cc(OC)ccc12. The molecule has 2 heterocycles. The van der Waals surface area contributed by atoms with E-state index in [4.69, 9.17) is 9.47 Å². The molecule has 0 atom stereocenters. The molecule has 2 aromatic heterocycles. The normalized spacial score (nSPS) is 11.2. The van der Waals surface area contributed by atoms with Gasteiger partial charge in [0.2, 0.25) is 0 Å². The molecule has 0 saturated heterocycles. The van der Waals surface area contributed by atoms with Crippen molar-refractivity contribution in [3.63, 3.8) is 0 Å². The van der Waals surface area contributed by atoms with Gasteiger partial charge in [0.1, 0.15) is 17.0 Å². The minimum Gasteiger partial charge on any atom is -0.497 e. The number of benzene rings is 2. The molecule has 0 bridgehead atoms. The summed E-state index contributed by atoms with van der Waals surface area (Å²) < 4.78 is 11.7. The summed E-state index contributed by atoms with van der Waals surface area (Å²) in [6.07, 6.45) is 0. The molecule has 6 nitrogen and oxygen atoms in total. The molecule has 120 valence electrons. The minimum absolute atomic E-state index is 0.190. The van der Waals surface area contributed by atoms with E-state index in [0.29, 0.717) is 38.8 Å². The molecule has 0 unspecified atom stereocenters. The highest BCUT2D eigenvalue weighted by molar-refractivity contribution is 6.10. The maximum Gasteiger partial charge on any atom is 0.342 e. The Kier molecular flexibility index (Phi) is 3.06. The van der Waals surface area contributed by atoms with Gasteiger partial charge in [-0.1, -0.05) is 18.2 Å². The van der Waals surface area contributed by atoms with E-state index < -0.39 is 5.97 Å². The summed E-state index contributed by atoms with van der Waals surface area (Å²) in [6, 6.07) is 12.4. The fourth-order valence-electron chi connectivity index (χ4n) is 3.07. The summed E-state index contributed by atoms with van der Waals surface area (Å²) >= 11 is 0. The first-order valence-electron chi connectivity index (χ1n) is 7.37. The Bertz CT molecular complexity index is 1170. The fourth-order valence-corrected chi connectivity index (χ4v) is 3.07. The Morgan fingerprint density at radius 2 is 1.83 bits per heavy atom. The number of imidazole rings is 1. The van der Waals surface area contributed by atoms with Gasteiger partial charge in [-0.05, 0) is 18.2 Å². The molecule has 0 aliphatic heterocycles. The standard InChI is InChI=1S/C18H14N2O4/c1-23-10-7-8-14-13(9-10)19-16-15(18(22)24-2)11-5-3-4-6-12(11)17(21)20(14)16/h3-9,19H,1-2H3. The van der Waals surface area contributed by atoms with E-state index in [9.17, 15) is 9.59 Å². The molecule has 0 aliphatic rings. The molecule has 4 rings (SSSR count). The van der Waals surface area contributed by atoms with Gasteiger partial charge in [0, 0.05) is 16.8 Å². The van der Waals surface area contributed by atoms with Gasteiger partial charge in [-0.15, -0.1) is 0 Å². The number of nitrogens with one attached hydrogen (secondary N) is 1. The number of hydrogen-bond donors (Lipinski definition) is 1. The van der Waals surface area contributed by atoms with E-state index in [1.54, 1.807) is 49.6 Å². The van der Waals surface area contributed by atoms with Gasteiger partial charge in [0.25, 0.3) is 5.56 Å². The van der Waals surface area contributed by atoms with Crippen molar-refractivity contribution in [3.8, 4) is 5.75 Å². The lowest BCUT2D eigenvalue weighted by Gasteiger charge is -2.07. The highest BCUT2D eigenvalue weighted by Gasteiger charge is 2.21. The monoisotopic (exact) mass is 322 g/mol. The highest BCUT2D eigenvalue weighted by atomic mass is 16.5. The molecule has 0 fully saturated rings. The third-order valence-electron chi connectivity index (χ3n) is 4.18. The quantitative estimate of drug-likeness (QED) is 0.576. The summed E-state index contributed by atoms with van der Waals surface area (Å²) in [5, 5.41) is 1.03. The Morgan fingerprint density at radius 3 is 2.54 bits per heavy atom. The summed E-state index contributed by atoms with van der Waals surface area (Å²) in [7, 11) is 2.90. The average Bonchev–Trinajstić information content (AvgIpc) is 2.99. The van der Waals surface area contributed by atoms with E-state index in [1.165, 1.54) is 11.5 Å². The van der Waals surface area contributed by atoms with Crippen LogP contribution in [0.25, 0.3) is 27.5 Å². The zero-order valence-electron chi connectivity index (χ0n) is 13.1. The number of esters is 1. The smallest absolute Gasteiger partial charge is 0.342 e. The van der Waals surface area contributed by atoms with Crippen molar-refractivity contribution in [1.29, 1.82) is 0 Å². The highest BCUT2D eigenvalue weighted by Crippen LogP contribution is 2.26. The van der Waals surface area contributed by atoms with E-state index in [2.05, 4.69) is 4.98 Å². The van der Waals surface area contributed by atoms with E-state index >= 15 is 0 Å². The number of hydrogen-bond acceptors (Lipinski definition) is 4. The van der Waals surface area contributed by atoms with Crippen LogP contribution in [0.3, 0.4) is 0 Å². The zero-order valence-corrected chi connectivity index (χ0v) is 13.1. The van der Waals surface area contributed by atoms with Crippen LogP contribution in [0.1, 0.15) is 10.4 Å². The molecule has 0 spiro atoms. The first kappa shape index (κ1) is 14.3. The van der Waals surface area contributed by atoms with Gasteiger partial charge in [-0.3, -0.25) is 9.20 Å². The first-order valence-corrected chi connectivity index (χ1v) is 7.37. The van der Waals surface area contributed by atoms with Crippen LogP contribution >= 0.6 is 0 Å². The Labute approximate surface area is 136 Å². The van der Waals surface area contributed by atoms with Gasteiger partial charge in [0.15, 0.2) is 0 Å². The minimum atomic E-state index is -0.498. The van der Waals surface area contributed by atoms with Crippen LogP contribution in [0.5, 0.6) is 5.75 Å². The summed E-state index contributed by atoms with van der Waals surface area (Å²) in [5.41, 5.74) is 1.93. The van der Waals surface area contributed by atoms with Crippen molar-refractivity contribution in [1.82, 2.24) is 9.38 Å². The average molecular weight is 322 g/mol. The second-order valence-electron chi connectivity index (χ2n) is 5.41. The lowest BCUT2D eigenvalue weighted by molar-refractivity contribution is 0.0604. The largest absolute Gasteiger partial charge is 0.497 e. The number of rotatable bonds is 2. The third kappa shape index (κ3) is 1.83. The number of aromatic amines is 1. The van der Waals surface area contributed by atoms with Crippen LogP contribution in [0, 0.1) is 0 Å². The lowest BCUT2D eigenvalue weighted by atomic mass is 10.1. The summed E-state index contributed by atoms with van der Waals surface area (Å²) in [5.74, 6) is 0.161. The number of pyridine rings is 1. The van der Waals surface area contributed by atoms with Crippen molar-refractivity contribution in [2.75, 3.05) is 14.2 Å². The molecule has 6 heteroatoms. The van der Waals surface area contributed by atoms with E-state index in [1.807, 2.05) is 0 Å². The summed E-state index contributed by atoms with van der Waals surface area (Å²) in [4.78, 5) is 28.5. The maximum absolute atomic E-state index is 12.9. The maximum atomic E-state index is 12.9. The van der Waals surface area contributed by atoms with Gasteiger partial charge in [0.05, 0.1) is 25.3 Å². The second kappa shape index (κ2) is 5.13. The Hall–Kier alpha value is -3.28. The molecular formula is C18H14N2O4. The number of ether oxygens (including phenoxy) is 2. The van der Waals surface area contributed by atoms with Crippen molar-refractivity contribution in [2.45, 2.75) is 0 Å². The predicted octanol–water partition coefficient (Wildman–Crippen LogP) is 2.73. The number of fused-ring (bicyclic) bond motifs is 4. The summed E-state index contributed by atoms with van der Waals surface area (Å²) in [6.45, 7) is 0. The van der Waals surface area contributed by atoms with Crippen LogP contribution in [0.15, 0.2) is 47.3 Å². The number of H-pyrrole nitrogens is 1. The number of nitrogens with zero attached hydrogens (tertiary/aromatic N) is 1. The lowest BCUT2D eigenvalue weighted by Crippen LogP contribution is -2.17. The molecule has 1 N–H and O–H groups in total. The van der Waals surface area contributed by atoms with Crippen LogP contribution in [-0.2, 0) is 4.74 Å². The molecule has 24 heavy (non-hydrogen) atoms. The molecule has 2 aromatic carbocycles. The predicted molar refractivity (Wildman–Crippen MR) is 90.9 cm³/mol. The van der Waals surface area contributed by atoms with Crippen molar-refractivity contribution < 1.29 is 14.3 Å². The van der Waals surface area contributed by atoms with Crippen LogP contribution in [0.4, 0.5) is 0 Å². The third-order valence-corrected chi connectivity index (χ3v) is 4.18. The van der Waals surface area contributed by atoms with Gasteiger partial charge in [-0.2, -0.15) is 0 Å². The first-order chi connectivity index (χ1) is 11.7. The van der Waals surface area contributed by atoms with E-state index in [0.717, 1.165) is 0 Å². The fraction of sp³-hybridized carbons (Fsp3) is 0.111. The zero-order chi connectivity index (χ0) is 16.8. The number of carbonyl (C=O) groups is 1. The van der Waals surface area contributed by atoms with Crippen LogP contribution in [0.2, 0.25) is 0 Å². The molecule has 0 saturated carbocycles. The Morgan fingerprint density at radius 1 is 1.08 bits per heavy atom. The molecular weight excluding hydrogens is 308 g/mol.